The van der Waals surface area contributed by atoms with E-state index in [2.05, 4.69) is 0 Å². The summed E-state index contributed by atoms with van der Waals surface area (Å²) in [5, 5.41) is 1.39. The number of benzene rings is 1. The van der Waals surface area contributed by atoms with Crippen LogP contribution >= 0.6 is 23.2 Å². The molecule has 1 aliphatic heterocycles. The van der Waals surface area contributed by atoms with E-state index in [0.717, 1.165) is 5.56 Å². The Morgan fingerprint density at radius 3 is 2.64 bits per heavy atom. The van der Waals surface area contributed by atoms with E-state index < -0.39 is 0 Å². The number of halogens is 2. The lowest BCUT2D eigenvalue weighted by Gasteiger charge is -2.10. The maximum absolute atomic E-state index is 6.00. The molecule has 2 nitrogen and oxygen atoms in total. The summed E-state index contributed by atoms with van der Waals surface area (Å²) in [4.78, 5) is 0. The normalized spacial score (nSPS) is 17.6. The maximum atomic E-state index is 6.00. The van der Waals surface area contributed by atoms with E-state index in [1.54, 1.807) is 12.1 Å². The van der Waals surface area contributed by atoms with Gasteiger partial charge in [0.05, 0.1) is 13.2 Å². The predicted octanol–water partition coefficient (Wildman–Crippen LogP) is 2.91. The molecule has 0 N–H and O–H groups in total. The zero-order valence-corrected chi connectivity index (χ0v) is 9.02. The Morgan fingerprint density at radius 1 is 1.21 bits per heavy atom. The molecule has 1 saturated heterocycles. The van der Waals surface area contributed by atoms with Gasteiger partial charge >= 0.3 is 0 Å². The average molecular weight is 233 g/mol. The molecule has 1 aromatic carbocycles. The highest BCUT2D eigenvalue weighted by Crippen LogP contribution is 2.23. The summed E-state index contributed by atoms with van der Waals surface area (Å²) < 4.78 is 10.7. The molecule has 1 fully saturated rings. The Morgan fingerprint density at radius 2 is 1.93 bits per heavy atom. The second-order valence-electron chi connectivity index (χ2n) is 3.11. The Kier molecular flexibility index (Phi) is 3.29. The van der Waals surface area contributed by atoms with Gasteiger partial charge < -0.3 is 9.47 Å². The van der Waals surface area contributed by atoms with Crippen LogP contribution in [0.1, 0.15) is 5.56 Å². The SMILES string of the molecule is Clc1ccc(Cl)c(CC2OCCO2)c1. The van der Waals surface area contributed by atoms with Crippen LogP contribution in [0.15, 0.2) is 18.2 Å². The first kappa shape index (κ1) is 10.2. The molecule has 1 aliphatic rings. The molecule has 1 heterocycles. The molecule has 76 valence electrons. The fourth-order valence-corrected chi connectivity index (χ4v) is 1.79. The van der Waals surface area contributed by atoms with Gasteiger partial charge in [-0.1, -0.05) is 23.2 Å². The topological polar surface area (TPSA) is 18.5 Å². The lowest BCUT2D eigenvalue weighted by atomic mass is 10.1. The second kappa shape index (κ2) is 4.49. The third-order valence-electron chi connectivity index (χ3n) is 2.09. The van der Waals surface area contributed by atoms with Crippen molar-refractivity contribution in [3.05, 3.63) is 33.8 Å². The highest BCUT2D eigenvalue weighted by molar-refractivity contribution is 6.33. The minimum absolute atomic E-state index is 0.175. The van der Waals surface area contributed by atoms with Crippen LogP contribution in [0.3, 0.4) is 0 Å². The van der Waals surface area contributed by atoms with Crippen LogP contribution in [0, 0.1) is 0 Å². The van der Waals surface area contributed by atoms with Gasteiger partial charge in [-0.05, 0) is 23.8 Å². The maximum Gasteiger partial charge on any atom is 0.161 e. The van der Waals surface area contributed by atoms with Crippen LogP contribution in [0.5, 0.6) is 0 Å². The van der Waals surface area contributed by atoms with Gasteiger partial charge in [-0.15, -0.1) is 0 Å². The van der Waals surface area contributed by atoms with Crippen molar-refractivity contribution in [3.8, 4) is 0 Å². The summed E-state index contributed by atoms with van der Waals surface area (Å²) in [6.07, 6.45) is 0.477. The Labute approximate surface area is 92.7 Å². The highest BCUT2D eigenvalue weighted by atomic mass is 35.5. The van der Waals surface area contributed by atoms with Crippen molar-refractivity contribution in [2.75, 3.05) is 13.2 Å². The summed E-state index contributed by atoms with van der Waals surface area (Å²) in [5.41, 5.74) is 0.964. The van der Waals surface area contributed by atoms with Crippen molar-refractivity contribution < 1.29 is 9.47 Å². The lowest BCUT2D eigenvalue weighted by Crippen LogP contribution is -2.11. The van der Waals surface area contributed by atoms with Gasteiger partial charge in [-0.25, -0.2) is 0 Å². The van der Waals surface area contributed by atoms with E-state index in [4.69, 9.17) is 32.7 Å². The highest BCUT2D eigenvalue weighted by Gasteiger charge is 2.17. The van der Waals surface area contributed by atoms with Crippen molar-refractivity contribution in [3.63, 3.8) is 0 Å². The first-order chi connectivity index (χ1) is 6.75. The van der Waals surface area contributed by atoms with E-state index in [-0.39, 0.29) is 6.29 Å². The third kappa shape index (κ3) is 2.39. The van der Waals surface area contributed by atoms with Gasteiger partial charge in [0, 0.05) is 16.5 Å². The molecule has 2 rings (SSSR count). The number of ether oxygens (including phenoxy) is 2. The Balaban J connectivity index is 2.10. The van der Waals surface area contributed by atoms with Crippen LogP contribution < -0.4 is 0 Å². The van der Waals surface area contributed by atoms with Gasteiger partial charge in [0.2, 0.25) is 0 Å². The second-order valence-corrected chi connectivity index (χ2v) is 3.95. The zero-order chi connectivity index (χ0) is 9.97. The van der Waals surface area contributed by atoms with E-state index in [1.807, 2.05) is 6.07 Å². The van der Waals surface area contributed by atoms with E-state index in [0.29, 0.717) is 29.7 Å². The minimum Gasteiger partial charge on any atom is -0.350 e. The predicted molar refractivity (Wildman–Crippen MR) is 55.9 cm³/mol. The number of hydrogen-bond acceptors (Lipinski definition) is 2. The van der Waals surface area contributed by atoms with Gasteiger partial charge in [0.25, 0.3) is 0 Å². The quantitative estimate of drug-likeness (QED) is 0.781. The van der Waals surface area contributed by atoms with Crippen molar-refractivity contribution >= 4 is 23.2 Å². The number of hydrogen-bond donors (Lipinski definition) is 0. The Hall–Kier alpha value is -0.280. The molecule has 0 atom stereocenters. The van der Waals surface area contributed by atoms with Crippen LogP contribution in [-0.2, 0) is 15.9 Å². The molecule has 0 saturated carbocycles. The summed E-state index contributed by atoms with van der Waals surface area (Å²) in [6.45, 7) is 1.31. The summed E-state index contributed by atoms with van der Waals surface area (Å²) in [5.74, 6) is 0. The van der Waals surface area contributed by atoms with Gasteiger partial charge in [0.1, 0.15) is 0 Å². The molecule has 1 aromatic rings. The first-order valence-electron chi connectivity index (χ1n) is 4.43. The fourth-order valence-electron chi connectivity index (χ4n) is 1.40. The van der Waals surface area contributed by atoms with Crippen LogP contribution in [0.2, 0.25) is 10.0 Å². The third-order valence-corrected chi connectivity index (χ3v) is 2.69. The fraction of sp³-hybridized carbons (Fsp3) is 0.400. The monoisotopic (exact) mass is 232 g/mol. The Bertz CT molecular complexity index is 322. The first-order valence-corrected chi connectivity index (χ1v) is 5.18. The standard InChI is InChI=1S/C10H10Cl2O2/c11-8-1-2-9(12)7(5-8)6-10-13-3-4-14-10/h1-2,5,10H,3-4,6H2. The van der Waals surface area contributed by atoms with Crippen molar-refractivity contribution in [2.45, 2.75) is 12.7 Å². The molecule has 4 heteroatoms. The minimum atomic E-state index is -0.175. The van der Waals surface area contributed by atoms with Crippen LogP contribution in [0.25, 0.3) is 0 Å². The molecule has 14 heavy (non-hydrogen) atoms. The molecular weight excluding hydrogens is 223 g/mol. The van der Waals surface area contributed by atoms with Gasteiger partial charge in [0.15, 0.2) is 6.29 Å². The number of rotatable bonds is 2. The van der Waals surface area contributed by atoms with Crippen LogP contribution in [-0.4, -0.2) is 19.5 Å². The molecule has 0 radical (unpaired) electrons. The van der Waals surface area contributed by atoms with E-state index in [9.17, 15) is 0 Å². The average Bonchev–Trinajstić information content (AvgIpc) is 2.64. The largest absolute Gasteiger partial charge is 0.350 e. The molecule has 0 spiro atoms. The smallest absolute Gasteiger partial charge is 0.161 e. The van der Waals surface area contributed by atoms with Gasteiger partial charge in [-0.2, -0.15) is 0 Å². The van der Waals surface area contributed by atoms with E-state index in [1.165, 1.54) is 0 Å². The van der Waals surface area contributed by atoms with Crippen molar-refractivity contribution in [1.82, 2.24) is 0 Å². The van der Waals surface area contributed by atoms with Crippen molar-refractivity contribution in [1.29, 1.82) is 0 Å². The van der Waals surface area contributed by atoms with Crippen LogP contribution in [0.4, 0.5) is 0 Å². The van der Waals surface area contributed by atoms with E-state index >= 15 is 0 Å². The molecular formula is C10H10Cl2O2. The molecule has 0 aromatic heterocycles. The molecule has 0 aliphatic carbocycles. The van der Waals surface area contributed by atoms with Gasteiger partial charge in [-0.3, -0.25) is 0 Å². The summed E-state index contributed by atoms with van der Waals surface area (Å²) in [6, 6.07) is 5.40. The summed E-state index contributed by atoms with van der Waals surface area (Å²) >= 11 is 11.9. The zero-order valence-electron chi connectivity index (χ0n) is 7.50. The molecule has 0 amide bonds. The lowest BCUT2D eigenvalue weighted by molar-refractivity contribution is -0.0399. The summed E-state index contributed by atoms with van der Waals surface area (Å²) in [7, 11) is 0. The van der Waals surface area contributed by atoms with Crippen molar-refractivity contribution in [2.24, 2.45) is 0 Å². The molecule has 0 unspecified atom stereocenters. The molecule has 0 bridgehead atoms.